The standard InChI is InChI=1S/C35H46FN3O8S2/c1-24-9-14-30(15-10-24)48(42,43)37-29-13-18-33-32(20-29)35(41)39(26(3)23-40)21-25(2)34(46-19-7-6-8-27(4)47-33)22-38(5)49(44,45)31-16-11-28(36)12-17-31/h9-18,20,25-27,34,37,40H,6-8,19,21-23H2,1-5H3/t25-,26-,27+,34-/m1/s1. The van der Waals surface area contributed by atoms with Gasteiger partial charge in [-0.3, -0.25) is 9.52 Å². The lowest BCUT2D eigenvalue weighted by molar-refractivity contribution is -0.00834. The van der Waals surface area contributed by atoms with E-state index in [9.17, 15) is 31.1 Å². The lowest BCUT2D eigenvalue weighted by Crippen LogP contribution is -2.48. The monoisotopic (exact) mass is 719 g/mol. The number of likely N-dealkylation sites (N-methyl/N-ethyl adjacent to an activating group) is 1. The smallest absolute Gasteiger partial charge is 0.261 e. The highest BCUT2D eigenvalue weighted by Crippen LogP contribution is 2.30. The lowest BCUT2D eigenvalue weighted by atomic mass is 10.0. The molecule has 0 aliphatic carbocycles. The Morgan fingerprint density at radius 3 is 2.31 bits per heavy atom. The minimum atomic E-state index is -3.98. The second kappa shape index (κ2) is 16.4. The summed E-state index contributed by atoms with van der Waals surface area (Å²) in [5.74, 6) is -1.20. The molecule has 11 nitrogen and oxygen atoms in total. The normalized spacial score (nSPS) is 20.6. The first-order valence-electron chi connectivity index (χ1n) is 16.3. The molecule has 1 aliphatic heterocycles. The van der Waals surface area contributed by atoms with E-state index < -0.39 is 49.8 Å². The maximum atomic E-state index is 14.4. The Morgan fingerprint density at radius 2 is 1.65 bits per heavy atom. The number of rotatable bonds is 9. The van der Waals surface area contributed by atoms with Crippen LogP contribution in [0.25, 0.3) is 0 Å². The second-order valence-corrected chi connectivity index (χ2v) is 16.4. The molecule has 0 fully saturated rings. The second-order valence-electron chi connectivity index (χ2n) is 12.7. The lowest BCUT2D eigenvalue weighted by Gasteiger charge is -2.35. The average Bonchev–Trinajstić information content (AvgIpc) is 3.06. The molecule has 0 saturated heterocycles. The molecule has 1 aliphatic rings. The van der Waals surface area contributed by atoms with Crippen molar-refractivity contribution in [2.24, 2.45) is 5.92 Å². The number of aliphatic hydroxyl groups excluding tert-OH is 1. The molecule has 3 aromatic rings. The number of nitrogens with one attached hydrogen (secondary N) is 1. The van der Waals surface area contributed by atoms with Crippen LogP contribution < -0.4 is 9.46 Å². The number of carbonyl (C=O) groups is 1. The van der Waals surface area contributed by atoms with Crippen LogP contribution in [0.2, 0.25) is 0 Å². The highest BCUT2D eigenvalue weighted by atomic mass is 32.2. The molecule has 0 bridgehead atoms. The maximum absolute atomic E-state index is 14.4. The van der Waals surface area contributed by atoms with Gasteiger partial charge in [0.25, 0.3) is 15.9 Å². The first kappa shape index (κ1) is 38.2. The van der Waals surface area contributed by atoms with E-state index in [1.165, 1.54) is 48.3 Å². The topological polar surface area (TPSA) is 143 Å². The molecule has 1 heterocycles. The van der Waals surface area contributed by atoms with Gasteiger partial charge in [-0.05, 0) is 94.6 Å². The highest BCUT2D eigenvalue weighted by Gasteiger charge is 2.32. The number of nitrogens with zero attached hydrogens (tertiary/aromatic N) is 2. The molecular weight excluding hydrogens is 674 g/mol. The van der Waals surface area contributed by atoms with E-state index in [0.717, 1.165) is 28.4 Å². The van der Waals surface area contributed by atoms with Gasteiger partial charge in [-0.25, -0.2) is 21.2 Å². The number of hydrogen-bond donors (Lipinski definition) is 2. The van der Waals surface area contributed by atoms with Crippen molar-refractivity contribution in [2.75, 3.05) is 38.1 Å². The van der Waals surface area contributed by atoms with Gasteiger partial charge in [0.2, 0.25) is 10.0 Å². The molecule has 4 atom stereocenters. The summed E-state index contributed by atoms with van der Waals surface area (Å²) in [5.41, 5.74) is 1.17. The molecule has 0 radical (unpaired) electrons. The first-order valence-corrected chi connectivity index (χ1v) is 19.2. The summed E-state index contributed by atoms with van der Waals surface area (Å²) in [5, 5.41) is 10.2. The molecule has 0 aromatic heterocycles. The summed E-state index contributed by atoms with van der Waals surface area (Å²) in [6.45, 7) is 7.26. The molecule has 4 rings (SSSR count). The van der Waals surface area contributed by atoms with Crippen LogP contribution in [0.5, 0.6) is 5.75 Å². The van der Waals surface area contributed by atoms with Crippen molar-refractivity contribution in [3.05, 3.63) is 83.7 Å². The van der Waals surface area contributed by atoms with Gasteiger partial charge in [-0.1, -0.05) is 24.6 Å². The summed E-state index contributed by atoms with van der Waals surface area (Å²) in [6.07, 6.45) is 1.10. The zero-order valence-corrected chi connectivity index (χ0v) is 30.1. The van der Waals surface area contributed by atoms with Gasteiger partial charge < -0.3 is 19.5 Å². The number of fused-ring (bicyclic) bond motifs is 1. The van der Waals surface area contributed by atoms with E-state index in [4.69, 9.17) is 9.47 Å². The number of carbonyl (C=O) groups excluding carboxylic acids is 1. The number of halogens is 1. The number of aliphatic hydroxyl groups is 1. The number of amides is 1. The molecule has 49 heavy (non-hydrogen) atoms. The van der Waals surface area contributed by atoms with Gasteiger partial charge in [0.05, 0.1) is 40.2 Å². The van der Waals surface area contributed by atoms with E-state index in [-0.39, 0.29) is 52.6 Å². The first-order chi connectivity index (χ1) is 23.1. The minimum Gasteiger partial charge on any atom is -0.490 e. The predicted molar refractivity (Wildman–Crippen MR) is 185 cm³/mol. The van der Waals surface area contributed by atoms with E-state index in [0.29, 0.717) is 19.4 Å². The van der Waals surface area contributed by atoms with Crippen molar-refractivity contribution in [3.8, 4) is 5.75 Å². The van der Waals surface area contributed by atoms with Crippen LogP contribution in [0.4, 0.5) is 10.1 Å². The third-order valence-electron chi connectivity index (χ3n) is 8.59. The largest absolute Gasteiger partial charge is 0.490 e. The Balaban J connectivity index is 1.67. The Labute approximate surface area is 289 Å². The van der Waals surface area contributed by atoms with Crippen LogP contribution in [-0.4, -0.2) is 88.7 Å². The zero-order valence-electron chi connectivity index (χ0n) is 28.5. The van der Waals surface area contributed by atoms with Crippen molar-refractivity contribution >= 4 is 31.6 Å². The summed E-state index contributed by atoms with van der Waals surface area (Å²) in [6, 6.07) is 14.8. The Kier molecular flexibility index (Phi) is 12.8. The quantitative estimate of drug-likeness (QED) is 0.313. The zero-order chi connectivity index (χ0) is 35.9. The third kappa shape index (κ3) is 9.79. The molecule has 1 amide bonds. The van der Waals surface area contributed by atoms with Crippen LogP contribution in [0.15, 0.2) is 76.5 Å². The number of sulfonamides is 2. The number of benzene rings is 3. The van der Waals surface area contributed by atoms with E-state index in [2.05, 4.69) is 4.72 Å². The molecule has 0 spiro atoms. The SMILES string of the molecule is Cc1ccc(S(=O)(=O)Nc2ccc3c(c2)C(=O)N([C@H](C)CO)C[C@@H](C)[C@@H](CN(C)S(=O)(=O)c2ccc(F)cc2)OCCCC[C@H](C)O3)cc1. The average molecular weight is 720 g/mol. The number of ether oxygens (including phenoxy) is 2. The Bertz CT molecular complexity index is 1790. The van der Waals surface area contributed by atoms with Gasteiger partial charge in [-0.15, -0.1) is 0 Å². The van der Waals surface area contributed by atoms with Crippen molar-refractivity contribution in [3.63, 3.8) is 0 Å². The molecule has 14 heteroatoms. The molecule has 0 unspecified atom stereocenters. The number of hydrogen-bond acceptors (Lipinski definition) is 8. The summed E-state index contributed by atoms with van der Waals surface area (Å²) >= 11 is 0. The predicted octanol–water partition coefficient (Wildman–Crippen LogP) is 5.05. The molecule has 268 valence electrons. The van der Waals surface area contributed by atoms with Crippen LogP contribution >= 0.6 is 0 Å². The van der Waals surface area contributed by atoms with Crippen LogP contribution in [0.3, 0.4) is 0 Å². The fourth-order valence-corrected chi connectivity index (χ4v) is 7.75. The van der Waals surface area contributed by atoms with Gasteiger partial charge in [0.15, 0.2) is 0 Å². The summed E-state index contributed by atoms with van der Waals surface area (Å²) < 4.78 is 82.8. The van der Waals surface area contributed by atoms with E-state index >= 15 is 0 Å². The number of aryl methyl sites for hydroxylation is 1. The van der Waals surface area contributed by atoms with Crippen LogP contribution in [0.1, 0.15) is 56.0 Å². The maximum Gasteiger partial charge on any atom is 0.261 e. The summed E-state index contributed by atoms with van der Waals surface area (Å²) in [4.78, 5) is 15.8. The Hall–Kier alpha value is -3.56. The van der Waals surface area contributed by atoms with E-state index in [1.807, 2.05) is 20.8 Å². The molecular formula is C35H46FN3O8S2. The van der Waals surface area contributed by atoms with Gasteiger partial charge in [0, 0.05) is 38.3 Å². The minimum absolute atomic E-state index is 0.0442. The van der Waals surface area contributed by atoms with Crippen molar-refractivity contribution in [1.29, 1.82) is 0 Å². The van der Waals surface area contributed by atoms with Crippen molar-refractivity contribution < 1.29 is 40.6 Å². The van der Waals surface area contributed by atoms with Crippen LogP contribution in [0, 0.1) is 18.7 Å². The summed E-state index contributed by atoms with van der Waals surface area (Å²) in [7, 11) is -6.53. The molecule has 0 saturated carbocycles. The van der Waals surface area contributed by atoms with Crippen molar-refractivity contribution in [1.82, 2.24) is 9.21 Å². The van der Waals surface area contributed by atoms with Gasteiger partial charge in [0.1, 0.15) is 11.6 Å². The molecule has 3 aromatic carbocycles. The molecule has 2 N–H and O–H groups in total. The fourth-order valence-electron chi connectivity index (χ4n) is 5.52. The highest BCUT2D eigenvalue weighted by molar-refractivity contribution is 7.92. The van der Waals surface area contributed by atoms with Gasteiger partial charge in [-0.2, -0.15) is 4.31 Å². The van der Waals surface area contributed by atoms with Crippen molar-refractivity contribution in [2.45, 2.75) is 75.0 Å². The van der Waals surface area contributed by atoms with Gasteiger partial charge >= 0.3 is 0 Å². The number of anilines is 1. The fraction of sp³-hybridized carbons (Fsp3) is 0.457. The third-order valence-corrected chi connectivity index (χ3v) is 11.8. The van der Waals surface area contributed by atoms with Crippen LogP contribution in [-0.2, 0) is 24.8 Å². The Morgan fingerprint density at radius 1 is 1.00 bits per heavy atom. The van der Waals surface area contributed by atoms with E-state index in [1.54, 1.807) is 25.1 Å².